The summed E-state index contributed by atoms with van der Waals surface area (Å²) < 4.78 is 0. The number of phenolic OH excluding ortho intramolecular Hbond substituents is 1. The lowest BCUT2D eigenvalue weighted by Gasteiger charge is -2.52. The van der Waals surface area contributed by atoms with Gasteiger partial charge >= 0.3 is 0 Å². The third-order valence-corrected chi connectivity index (χ3v) is 7.25. The number of nitrogens with zero attached hydrogens (tertiary/aromatic N) is 2. The number of phenols is 1. The van der Waals surface area contributed by atoms with Crippen LogP contribution in [0.3, 0.4) is 0 Å². The van der Waals surface area contributed by atoms with E-state index in [-0.39, 0.29) is 22.6 Å². The van der Waals surface area contributed by atoms with E-state index < -0.39 is 69.1 Å². The largest absolute Gasteiger partial charge is 0.507 e. The minimum absolute atomic E-state index is 0.00433. The molecule has 0 heterocycles. The van der Waals surface area contributed by atoms with E-state index in [4.69, 9.17) is 11.6 Å². The van der Waals surface area contributed by atoms with Gasteiger partial charge in [-0.25, -0.2) is 0 Å². The van der Waals surface area contributed by atoms with Gasteiger partial charge in [-0.2, -0.15) is 5.26 Å². The van der Waals surface area contributed by atoms with E-state index in [0.29, 0.717) is 0 Å². The number of ketones is 2. The maximum Gasteiger partial charge on any atom is 0.202 e. The van der Waals surface area contributed by atoms with Crippen molar-refractivity contribution in [2.45, 2.75) is 30.6 Å². The fourth-order valence-electron chi connectivity index (χ4n) is 5.45. The van der Waals surface area contributed by atoms with Gasteiger partial charge in [0.25, 0.3) is 0 Å². The third kappa shape index (κ3) is 2.49. The SMILES string of the molecule is CN(C)[C@@H]1C(=O)C(C#N)=C(O)[C@@]2(O)C(=O)C3=C(O)c4c(O)ccc(Cl)c4[C@@](C)(O)[C@@H]3C[C@@H]12. The Balaban J connectivity index is 2.07. The van der Waals surface area contributed by atoms with E-state index in [9.17, 15) is 40.4 Å². The summed E-state index contributed by atoms with van der Waals surface area (Å²) in [5.41, 5.74) is -5.99. The van der Waals surface area contributed by atoms with Crippen LogP contribution in [0.1, 0.15) is 24.5 Å². The molecule has 0 unspecified atom stereocenters. The van der Waals surface area contributed by atoms with Crippen LogP contribution < -0.4 is 0 Å². The van der Waals surface area contributed by atoms with Crippen molar-refractivity contribution >= 4 is 28.9 Å². The number of likely N-dealkylation sites (N-methyl/N-ethyl adjacent to an activating group) is 1. The molecular weight excluding hydrogens is 440 g/mol. The Labute approximate surface area is 188 Å². The maximum absolute atomic E-state index is 13.6. The number of carbonyl (C=O) groups is 2. The highest BCUT2D eigenvalue weighted by Crippen LogP contribution is 2.58. The number of aliphatic hydroxyl groups is 4. The molecule has 0 aliphatic heterocycles. The first-order valence-electron chi connectivity index (χ1n) is 9.81. The van der Waals surface area contributed by atoms with E-state index in [0.717, 1.165) is 0 Å². The zero-order valence-corrected chi connectivity index (χ0v) is 18.2. The molecule has 0 saturated heterocycles. The molecule has 4 rings (SSSR count). The van der Waals surface area contributed by atoms with Gasteiger partial charge in [0.05, 0.1) is 17.2 Å². The Hall–Kier alpha value is -2.90. The van der Waals surface area contributed by atoms with E-state index >= 15 is 0 Å². The summed E-state index contributed by atoms with van der Waals surface area (Å²) >= 11 is 6.27. The smallest absolute Gasteiger partial charge is 0.202 e. The summed E-state index contributed by atoms with van der Waals surface area (Å²) in [6, 6.07) is 2.92. The summed E-state index contributed by atoms with van der Waals surface area (Å²) in [7, 11) is 3.05. The van der Waals surface area contributed by atoms with Crippen LogP contribution >= 0.6 is 11.6 Å². The van der Waals surface area contributed by atoms with Crippen LogP contribution in [0.2, 0.25) is 5.02 Å². The standard InChI is InChI=1S/C22H21ClN2O7/c1-21(31)9-6-10-16(25(2)3)17(27)8(7-24)19(29)22(10,32)20(30)13(9)18(28)14-12(26)5-4-11(23)15(14)21/h4-5,9-10,16,26,28-29,31-32H,6H2,1-3H3/t9-,10+,16+,21+,22-/m1/s1. The average Bonchev–Trinajstić information content (AvgIpc) is 2.70. The number of benzene rings is 1. The normalized spacial score (nSPS) is 34.2. The number of carbonyl (C=O) groups excluding carboxylic acids is 2. The van der Waals surface area contributed by atoms with Gasteiger partial charge in [-0.1, -0.05) is 11.6 Å². The van der Waals surface area contributed by atoms with E-state index in [1.165, 1.54) is 38.1 Å². The fourth-order valence-corrected chi connectivity index (χ4v) is 5.80. The molecule has 168 valence electrons. The van der Waals surface area contributed by atoms with Gasteiger partial charge in [0.1, 0.15) is 23.2 Å². The van der Waals surface area contributed by atoms with Gasteiger partial charge in [0, 0.05) is 28.0 Å². The van der Waals surface area contributed by atoms with Gasteiger partial charge in [0.2, 0.25) is 5.78 Å². The van der Waals surface area contributed by atoms with Crippen LogP contribution in [-0.2, 0) is 15.2 Å². The lowest BCUT2D eigenvalue weighted by molar-refractivity contribution is -0.158. The molecule has 32 heavy (non-hydrogen) atoms. The predicted molar refractivity (Wildman–Crippen MR) is 112 cm³/mol. The quantitative estimate of drug-likeness (QED) is 0.416. The van der Waals surface area contributed by atoms with Gasteiger partial charge in [-0.15, -0.1) is 0 Å². The second-order valence-electron chi connectivity index (χ2n) is 8.82. The van der Waals surface area contributed by atoms with Crippen molar-refractivity contribution in [1.29, 1.82) is 5.26 Å². The van der Waals surface area contributed by atoms with Crippen molar-refractivity contribution in [1.82, 2.24) is 4.90 Å². The summed E-state index contributed by atoms with van der Waals surface area (Å²) in [6.45, 7) is 1.36. The third-order valence-electron chi connectivity index (χ3n) is 6.94. The van der Waals surface area contributed by atoms with Crippen LogP contribution in [-0.4, -0.2) is 67.7 Å². The molecule has 0 radical (unpaired) electrons. The molecule has 5 N–H and O–H groups in total. The van der Waals surface area contributed by atoms with Crippen molar-refractivity contribution in [3.05, 3.63) is 45.2 Å². The highest BCUT2D eigenvalue weighted by Gasteiger charge is 2.66. The van der Waals surface area contributed by atoms with Crippen molar-refractivity contribution < 1.29 is 35.1 Å². The molecule has 1 aromatic carbocycles. The molecule has 0 spiro atoms. The zero-order valence-electron chi connectivity index (χ0n) is 17.4. The Kier molecular flexibility index (Phi) is 4.74. The number of aliphatic hydroxyl groups excluding tert-OH is 2. The molecule has 3 aliphatic rings. The number of Topliss-reactive ketones (excluding diaryl/α,β-unsaturated/α-hetero) is 2. The van der Waals surface area contributed by atoms with Gasteiger partial charge in [-0.05, 0) is 39.6 Å². The molecular formula is C22H21ClN2O7. The van der Waals surface area contributed by atoms with E-state index in [2.05, 4.69) is 0 Å². The number of hydrogen-bond acceptors (Lipinski definition) is 9. The lowest BCUT2D eigenvalue weighted by atomic mass is 9.54. The average molecular weight is 461 g/mol. The van der Waals surface area contributed by atoms with Crippen LogP contribution in [0.25, 0.3) is 5.76 Å². The Bertz CT molecular complexity index is 1190. The summed E-state index contributed by atoms with van der Waals surface area (Å²) in [6.07, 6.45) is -0.211. The van der Waals surface area contributed by atoms with Crippen LogP contribution in [0, 0.1) is 23.2 Å². The molecule has 0 amide bonds. The second kappa shape index (κ2) is 6.80. The molecule has 0 aromatic heterocycles. The van der Waals surface area contributed by atoms with Crippen molar-refractivity contribution in [2.75, 3.05) is 14.1 Å². The predicted octanol–water partition coefficient (Wildman–Crippen LogP) is 1.32. The van der Waals surface area contributed by atoms with Crippen molar-refractivity contribution in [2.24, 2.45) is 11.8 Å². The minimum Gasteiger partial charge on any atom is -0.507 e. The Morgan fingerprint density at radius 2 is 1.81 bits per heavy atom. The Morgan fingerprint density at radius 1 is 1.19 bits per heavy atom. The highest BCUT2D eigenvalue weighted by molar-refractivity contribution is 6.32. The number of halogens is 1. The summed E-state index contributed by atoms with van der Waals surface area (Å²) in [5, 5.41) is 64.4. The zero-order chi connectivity index (χ0) is 23.9. The topological polar surface area (TPSA) is 162 Å². The van der Waals surface area contributed by atoms with Crippen LogP contribution in [0.5, 0.6) is 5.75 Å². The summed E-state index contributed by atoms with van der Waals surface area (Å²) in [4.78, 5) is 28.0. The number of nitriles is 1. The number of aromatic hydroxyl groups is 1. The van der Waals surface area contributed by atoms with Crippen LogP contribution in [0.15, 0.2) is 29.0 Å². The number of hydrogen-bond donors (Lipinski definition) is 5. The van der Waals surface area contributed by atoms with Gasteiger partial charge in [0.15, 0.2) is 17.1 Å². The Morgan fingerprint density at radius 3 is 2.38 bits per heavy atom. The van der Waals surface area contributed by atoms with Gasteiger partial charge < -0.3 is 25.5 Å². The molecule has 1 saturated carbocycles. The van der Waals surface area contributed by atoms with E-state index in [1.807, 2.05) is 0 Å². The number of fused-ring (bicyclic) bond motifs is 3. The molecule has 3 aliphatic carbocycles. The number of rotatable bonds is 1. The maximum atomic E-state index is 13.6. The monoisotopic (exact) mass is 460 g/mol. The fraction of sp³-hybridized carbons (Fsp3) is 0.409. The first kappa shape index (κ1) is 22.3. The van der Waals surface area contributed by atoms with Crippen molar-refractivity contribution in [3.8, 4) is 11.8 Å². The molecule has 9 nitrogen and oxygen atoms in total. The second-order valence-corrected chi connectivity index (χ2v) is 9.23. The molecule has 0 bridgehead atoms. The molecule has 5 atom stereocenters. The molecule has 1 fully saturated rings. The molecule has 10 heteroatoms. The molecule has 1 aromatic rings. The highest BCUT2D eigenvalue weighted by atomic mass is 35.5. The first-order valence-corrected chi connectivity index (χ1v) is 10.2. The van der Waals surface area contributed by atoms with Crippen molar-refractivity contribution in [3.63, 3.8) is 0 Å². The summed E-state index contributed by atoms with van der Waals surface area (Å²) in [5.74, 6) is -6.51. The minimum atomic E-state index is -2.69. The van der Waals surface area contributed by atoms with Crippen LogP contribution in [0.4, 0.5) is 0 Å². The van der Waals surface area contributed by atoms with E-state index in [1.54, 1.807) is 6.07 Å². The van der Waals surface area contributed by atoms with Gasteiger partial charge in [-0.3, -0.25) is 14.5 Å². The lowest BCUT2D eigenvalue weighted by Crippen LogP contribution is -2.66. The first-order chi connectivity index (χ1) is 14.8.